The van der Waals surface area contributed by atoms with Crippen molar-refractivity contribution in [1.29, 1.82) is 0 Å². The predicted molar refractivity (Wildman–Crippen MR) is 100 cm³/mol. The highest BCUT2D eigenvalue weighted by molar-refractivity contribution is 5.91. The first-order valence-electron chi connectivity index (χ1n) is 8.51. The molecule has 2 amide bonds. The standard InChI is InChI=1S/C20H24N2O4/c1-24-15-6-4-14(5-7-15)20(10-11-20)13-21-19(23)22-17-12-16(25-2)8-9-18(17)26-3/h4-9,12H,10-11,13H2,1-3H3,(H2,21,22,23). The minimum Gasteiger partial charge on any atom is -0.497 e. The highest BCUT2D eigenvalue weighted by atomic mass is 16.5. The van der Waals surface area contributed by atoms with Crippen LogP contribution in [0, 0.1) is 0 Å². The van der Waals surface area contributed by atoms with Crippen molar-refractivity contribution in [3.63, 3.8) is 0 Å². The summed E-state index contributed by atoms with van der Waals surface area (Å²) >= 11 is 0. The number of ether oxygens (including phenoxy) is 3. The van der Waals surface area contributed by atoms with Crippen molar-refractivity contribution in [2.45, 2.75) is 18.3 Å². The Kier molecular flexibility index (Phi) is 5.21. The van der Waals surface area contributed by atoms with Crippen LogP contribution < -0.4 is 24.8 Å². The number of rotatable bonds is 7. The molecule has 0 aliphatic heterocycles. The maximum Gasteiger partial charge on any atom is 0.319 e. The molecule has 1 fully saturated rings. The van der Waals surface area contributed by atoms with Crippen molar-refractivity contribution in [3.05, 3.63) is 48.0 Å². The van der Waals surface area contributed by atoms with Gasteiger partial charge in [0.15, 0.2) is 0 Å². The molecule has 0 unspecified atom stereocenters. The molecule has 0 radical (unpaired) electrons. The zero-order valence-corrected chi connectivity index (χ0v) is 15.3. The van der Waals surface area contributed by atoms with E-state index in [1.165, 1.54) is 5.56 Å². The van der Waals surface area contributed by atoms with Gasteiger partial charge in [0.25, 0.3) is 0 Å². The number of amides is 2. The van der Waals surface area contributed by atoms with E-state index in [1.807, 2.05) is 12.1 Å². The SMILES string of the molecule is COc1ccc(C2(CNC(=O)Nc3cc(OC)ccc3OC)CC2)cc1. The van der Waals surface area contributed by atoms with E-state index in [0.29, 0.717) is 23.7 Å². The molecule has 0 heterocycles. The largest absolute Gasteiger partial charge is 0.497 e. The molecule has 0 aromatic heterocycles. The first-order valence-corrected chi connectivity index (χ1v) is 8.51. The van der Waals surface area contributed by atoms with E-state index < -0.39 is 0 Å². The summed E-state index contributed by atoms with van der Waals surface area (Å²) in [5, 5.41) is 5.80. The lowest BCUT2D eigenvalue weighted by Gasteiger charge is -2.18. The fraction of sp³-hybridized carbons (Fsp3) is 0.350. The fourth-order valence-corrected chi connectivity index (χ4v) is 2.99. The summed E-state index contributed by atoms with van der Waals surface area (Å²) in [7, 11) is 4.80. The third kappa shape index (κ3) is 3.85. The van der Waals surface area contributed by atoms with E-state index in [9.17, 15) is 4.79 Å². The molecule has 1 aliphatic rings. The second-order valence-corrected chi connectivity index (χ2v) is 6.38. The summed E-state index contributed by atoms with van der Waals surface area (Å²) in [5.74, 6) is 2.07. The molecule has 0 atom stereocenters. The van der Waals surface area contributed by atoms with Crippen LogP contribution in [0.2, 0.25) is 0 Å². The summed E-state index contributed by atoms with van der Waals surface area (Å²) in [6, 6.07) is 13.0. The maximum atomic E-state index is 12.3. The number of benzene rings is 2. The number of hydrogen-bond donors (Lipinski definition) is 2. The van der Waals surface area contributed by atoms with Crippen LogP contribution in [-0.2, 0) is 5.41 Å². The van der Waals surface area contributed by atoms with Crippen LogP contribution in [-0.4, -0.2) is 33.9 Å². The van der Waals surface area contributed by atoms with Gasteiger partial charge in [-0.1, -0.05) is 12.1 Å². The van der Waals surface area contributed by atoms with Crippen LogP contribution in [0.25, 0.3) is 0 Å². The van der Waals surface area contributed by atoms with Crippen LogP contribution in [0.3, 0.4) is 0 Å². The third-order valence-electron chi connectivity index (χ3n) is 4.80. The van der Waals surface area contributed by atoms with Crippen molar-refractivity contribution >= 4 is 11.7 Å². The molecule has 0 saturated heterocycles. The van der Waals surface area contributed by atoms with Crippen LogP contribution in [0.15, 0.2) is 42.5 Å². The Hall–Kier alpha value is -2.89. The van der Waals surface area contributed by atoms with Crippen molar-refractivity contribution < 1.29 is 19.0 Å². The van der Waals surface area contributed by atoms with Gasteiger partial charge in [0.2, 0.25) is 0 Å². The highest BCUT2D eigenvalue weighted by Gasteiger charge is 2.44. The number of carbonyl (C=O) groups excluding carboxylic acids is 1. The van der Waals surface area contributed by atoms with Gasteiger partial charge in [0, 0.05) is 18.0 Å². The average Bonchev–Trinajstić information content (AvgIpc) is 3.47. The Morgan fingerprint density at radius 2 is 1.62 bits per heavy atom. The van der Waals surface area contributed by atoms with Crippen LogP contribution in [0.1, 0.15) is 18.4 Å². The lowest BCUT2D eigenvalue weighted by Crippen LogP contribution is -2.35. The number of nitrogens with one attached hydrogen (secondary N) is 2. The van der Waals surface area contributed by atoms with Gasteiger partial charge in [-0.15, -0.1) is 0 Å². The molecule has 6 nitrogen and oxygen atoms in total. The minimum absolute atomic E-state index is 0.0159. The first kappa shape index (κ1) is 17.9. The van der Waals surface area contributed by atoms with E-state index in [4.69, 9.17) is 14.2 Å². The summed E-state index contributed by atoms with van der Waals surface area (Å²) in [4.78, 5) is 12.3. The van der Waals surface area contributed by atoms with E-state index >= 15 is 0 Å². The van der Waals surface area contributed by atoms with Crippen molar-refractivity contribution in [2.24, 2.45) is 0 Å². The average molecular weight is 356 g/mol. The summed E-state index contributed by atoms with van der Waals surface area (Å²) in [6.45, 7) is 0.581. The number of anilines is 1. The third-order valence-corrected chi connectivity index (χ3v) is 4.80. The van der Waals surface area contributed by atoms with Gasteiger partial charge in [-0.2, -0.15) is 0 Å². The molecule has 26 heavy (non-hydrogen) atoms. The minimum atomic E-state index is -0.267. The normalized spacial score (nSPS) is 14.3. The Labute approximate surface area is 153 Å². The van der Waals surface area contributed by atoms with Gasteiger partial charge in [0.1, 0.15) is 17.2 Å². The molecular weight excluding hydrogens is 332 g/mol. The lowest BCUT2D eigenvalue weighted by molar-refractivity contribution is 0.251. The lowest BCUT2D eigenvalue weighted by atomic mass is 9.96. The molecule has 0 bridgehead atoms. The number of carbonyl (C=O) groups is 1. The fourth-order valence-electron chi connectivity index (χ4n) is 2.99. The van der Waals surface area contributed by atoms with Crippen LogP contribution >= 0.6 is 0 Å². The van der Waals surface area contributed by atoms with Crippen molar-refractivity contribution in [2.75, 3.05) is 33.2 Å². The van der Waals surface area contributed by atoms with Gasteiger partial charge in [0.05, 0.1) is 27.0 Å². The number of hydrogen-bond acceptors (Lipinski definition) is 4. The molecule has 0 spiro atoms. The van der Waals surface area contributed by atoms with E-state index in [2.05, 4.69) is 22.8 Å². The van der Waals surface area contributed by atoms with E-state index in [1.54, 1.807) is 39.5 Å². The highest BCUT2D eigenvalue weighted by Crippen LogP contribution is 2.47. The molecule has 2 aromatic rings. The molecule has 138 valence electrons. The monoisotopic (exact) mass is 356 g/mol. The maximum absolute atomic E-state index is 12.3. The van der Waals surface area contributed by atoms with Crippen LogP contribution in [0.5, 0.6) is 17.2 Å². The molecule has 1 aliphatic carbocycles. The smallest absolute Gasteiger partial charge is 0.319 e. The van der Waals surface area contributed by atoms with E-state index in [0.717, 1.165) is 18.6 Å². The van der Waals surface area contributed by atoms with Crippen molar-refractivity contribution in [1.82, 2.24) is 5.32 Å². The Bertz CT molecular complexity index is 770. The molecule has 3 rings (SSSR count). The number of methoxy groups -OCH3 is 3. The molecule has 2 aromatic carbocycles. The molecule has 2 N–H and O–H groups in total. The van der Waals surface area contributed by atoms with Gasteiger partial charge in [-0.05, 0) is 42.7 Å². The first-order chi connectivity index (χ1) is 12.6. The Morgan fingerprint density at radius 1 is 0.962 bits per heavy atom. The quantitative estimate of drug-likeness (QED) is 0.796. The summed E-state index contributed by atoms with van der Waals surface area (Å²) in [5.41, 5.74) is 1.80. The zero-order valence-electron chi connectivity index (χ0n) is 15.3. The summed E-state index contributed by atoms with van der Waals surface area (Å²) in [6.07, 6.45) is 2.12. The van der Waals surface area contributed by atoms with Gasteiger partial charge >= 0.3 is 6.03 Å². The van der Waals surface area contributed by atoms with E-state index in [-0.39, 0.29) is 11.4 Å². The van der Waals surface area contributed by atoms with Gasteiger partial charge in [-0.3, -0.25) is 0 Å². The second kappa shape index (κ2) is 7.56. The summed E-state index contributed by atoms with van der Waals surface area (Å²) < 4.78 is 15.7. The van der Waals surface area contributed by atoms with Crippen molar-refractivity contribution in [3.8, 4) is 17.2 Å². The van der Waals surface area contributed by atoms with Gasteiger partial charge < -0.3 is 24.8 Å². The number of urea groups is 1. The zero-order chi connectivity index (χ0) is 18.6. The Morgan fingerprint density at radius 3 is 2.19 bits per heavy atom. The van der Waals surface area contributed by atoms with Gasteiger partial charge in [-0.25, -0.2) is 4.79 Å². The predicted octanol–water partition coefficient (Wildman–Crippen LogP) is 3.57. The topological polar surface area (TPSA) is 68.8 Å². The second-order valence-electron chi connectivity index (χ2n) is 6.38. The Balaban J connectivity index is 1.62. The molecule has 1 saturated carbocycles. The molecule has 6 heteroatoms. The van der Waals surface area contributed by atoms with Crippen LogP contribution in [0.4, 0.5) is 10.5 Å². The molecular formula is C20H24N2O4.